The van der Waals surface area contributed by atoms with Crippen LogP contribution in [0.25, 0.3) is 0 Å². The Morgan fingerprint density at radius 2 is 1.92 bits per heavy atom. The zero-order valence-electron chi connectivity index (χ0n) is 15.6. The van der Waals surface area contributed by atoms with Gasteiger partial charge in [-0.05, 0) is 44.2 Å². The van der Waals surface area contributed by atoms with Gasteiger partial charge >= 0.3 is 0 Å². The Bertz CT molecular complexity index is 515. The van der Waals surface area contributed by atoms with Crippen molar-refractivity contribution in [3.63, 3.8) is 0 Å². The van der Waals surface area contributed by atoms with Gasteiger partial charge in [-0.2, -0.15) is 0 Å². The van der Waals surface area contributed by atoms with Crippen LogP contribution in [0.4, 0.5) is 0 Å². The molecule has 1 aliphatic rings. The van der Waals surface area contributed by atoms with Crippen molar-refractivity contribution in [1.29, 1.82) is 0 Å². The van der Waals surface area contributed by atoms with Gasteiger partial charge in [0.15, 0.2) is 0 Å². The number of carbonyl (C=O) groups is 1. The fourth-order valence-electron chi connectivity index (χ4n) is 3.36. The van der Waals surface area contributed by atoms with Gasteiger partial charge in [0.25, 0.3) is 0 Å². The van der Waals surface area contributed by atoms with E-state index in [2.05, 4.69) is 49.1 Å². The molecule has 0 aromatic heterocycles. The lowest BCUT2D eigenvalue weighted by molar-refractivity contribution is -0.136. The number of rotatable bonds is 7. The minimum atomic E-state index is -0.394. The Morgan fingerprint density at radius 1 is 1.25 bits per heavy atom. The molecular formula is C20H33N3O. The minimum absolute atomic E-state index is 0.0986. The highest BCUT2D eigenvalue weighted by Gasteiger charge is 2.30. The molecule has 0 bridgehead atoms. The maximum absolute atomic E-state index is 12.7. The highest BCUT2D eigenvalue weighted by atomic mass is 16.2. The fraction of sp³-hybridized carbons (Fsp3) is 0.650. The number of hydrogen-bond acceptors (Lipinski definition) is 3. The molecule has 0 radical (unpaired) electrons. The smallest absolute Gasteiger partial charge is 0.239 e. The van der Waals surface area contributed by atoms with Crippen molar-refractivity contribution in [2.45, 2.75) is 52.7 Å². The van der Waals surface area contributed by atoms with E-state index in [9.17, 15) is 4.79 Å². The van der Waals surface area contributed by atoms with E-state index in [1.165, 1.54) is 5.56 Å². The van der Waals surface area contributed by atoms with Crippen LogP contribution in [0.3, 0.4) is 0 Å². The second kappa shape index (κ2) is 8.63. The molecule has 0 unspecified atom stereocenters. The lowest BCUT2D eigenvalue weighted by Crippen LogP contribution is -2.50. The van der Waals surface area contributed by atoms with Crippen LogP contribution >= 0.6 is 0 Å². The number of hydrogen-bond donors (Lipinski definition) is 1. The van der Waals surface area contributed by atoms with E-state index in [4.69, 9.17) is 5.73 Å². The summed E-state index contributed by atoms with van der Waals surface area (Å²) in [6.45, 7) is 12.2. The first kappa shape index (κ1) is 18.9. The van der Waals surface area contributed by atoms with Gasteiger partial charge in [-0.3, -0.25) is 9.69 Å². The SMILES string of the molecule is CC(C)[C@H](N)C(=O)N(C[C@@H]1CCN(Cc2ccccc2)C1)C(C)C. The summed E-state index contributed by atoms with van der Waals surface area (Å²) in [4.78, 5) is 17.2. The molecule has 0 aliphatic carbocycles. The average Bonchev–Trinajstić information content (AvgIpc) is 2.99. The Kier molecular flexibility index (Phi) is 6.81. The fourth-order valence-corrected chi connectivity index (χ4v) is 3.36. The molecule has 24 heavy (non-hydrogen) atoms. The summed E-state index contributed by atoms with van der Waals surface area (Å²) in [7, 11) is 0. The summed E-state index contributed by atoms with van der Waals surface area (Å²) in [5.41, 5.74) is 7.46. The van der Waals surface area contributed by atoms with E-state index in [0.29, 0.717) is 5.92 Å². The molecule has 1 saturated heterocycles. The standard InChI is InChI=1S/C20H33N3O/c1-15(2)19(21)20(24)23(16(3)4)14-18-10-11-22(13-18)12-17-8-6-5-7-9-17/h5-9,15-16,18-19H,10-14,21H2,1-4H3/t18-,19+/m1/s1. The number of carbonyl (C=O) groups excluding carboxylic acids is 1. The van der Waals surface area contributed by atoms with Crippen molar-refractivity contribution in [1.82, 2.24) is 9.80 Å². The van der Waals surface area contributed by atoms with Crippen LogP contribution in [0.2, 0.25) is 0 Å². The quantitative estimate of drug-likeness (QED) is 0.836. The number of benzene rings is 1. The van der Waals surface area contributed by atoms with Crippen LogP contribution in [0.5, 0.6) is 0 Å². The topological polar surface area (TPSA) is 49.6 Å². The molecule has 1 fully saturated rings. The van der Waals surface area contributed by atoms with Gasteiger partial charge in [-0.1, -0.05) is 44.2 Å². The normalized spacial score (nSPS) is 19.9. The van der Waals surface area contributed by atoms with Crippen molar-refractivity contribution in [2.75, 3.05) is 19.6 Å². The number of nitrogens with two attached hydrogens (primary N) is 1. The van der Waals surface area contributed by atoms with Gasteiger partial charge in [0, 0.05) is 25.7 Å². The van der Waals surface area contributed by atoms with Crippen LogP contribution in [0.1, 0.15) is 39.7 Å². The third kappa shape index (κ3) is 5.05. The molecular weight excluding hydrogens is 298 g/mol. The third-order valence-electron chi connectivity index (χ3n) is 4.98. The Balaban J connectivity index is 1.90. The first-order valence-corrected chi connectivity index (χ1v) is 9.20. The molecule has 1 amide bonds. The zero-order valence-corrected chi connectivity index (χ0v) is 15.6. The third-order valence-corrected chi connectivity index (χ3v) is 4.98. The van der Waals surface area contributed by atoms with Crippen molar-refractivity contribution < 1.29 is 4.79 Å². The summed E-state index contributed by atoms with van der Waals surface area (Å²) in [6, 6.07) is 10.4. The maximum Gasteiger partial charge on any atom is 0.239 e. The van der Waals surface area contributed by atoms with Crippen molar-refractivity contribution in [3.05, 3.63) is 35.9 Å². The van der Waals surface area contributed by atoms with Gasteiger partial charge in [0.05, 0.1) is 6.04 Å². The monoisotopic (exact) mass is 331 g/mol. The molecule has 134 valence electrons. The summed E-state index contributed by atoms with van der Waals surface area (Å²) in [6.07, 6.45) is 1.15. The van der Waals surface area contributed by atoms with Crippen molar-refractivity contribution >= 4 is 5.91 Å². The predicted molar refractivity (Wildman–Crippen MR) is 99.5 cm³/mol. The Labute approximate surface area is 147 Å². The zero-order chi connectivity index (χ0) is 17.7. The van der Waals surface area contributed by atoms with Crippen molar-refractivity contribution in [3.8, 4) is 0 Å². The molecule has 2 atom stereocenters. The second-order valence-electron chi connectivity index (χ2n) is 7.73. The molecule has 4 heteroatoms. The molecule has 1 heterocycles. The van der Waals surface area contributed by atoms with Gasteiger partial charge < -0.3 is 10.6 Å². The van der Waals surface area contributed by atoms with Gasteiger partial charge in [0.2, 0.25) is 5.91 Å². The van der Waals surface area contributed by atoms with E-state index >= 15 is 0 Å². The first-order valence-electron chi connectivity index (χ1n) is 9.20. The van der Waals surface area contributed by atoms with E-state index in [0.717, 1.165) is 32.6 Å². The molecule has 1 aliphatic heterocycles. The van der Waals surface area contributed by atoms with Crippen LogP contribution in [-0.4, -0.2) is 47.4 Å². The molecule has 1 aromatic rings. The average molecular weight is 332 g/mol. The predicted octanol–water partition coefficient (Wildman–Crippen LogP) is 2.73. The van der Waals surface area contributed by atoms with Crippen LogP contribution in [-0.2, 0) is 11.3 Å². The summed E-state index contributed by atoms with van der Waals surface area (Å²) in [5, 5.41) is 0. The Morgan fingerprint density at radius 3 is 2.50 bits per heavy atom. The second-order valence-corrected chi connectivity index (χ2v) is 7.73. The molecule has 2 rings (SSSR count). The molecule has 2 N–H and O–H groups in total. The van der Waals surface area contributed by atoms with Crippen LogP contribution in [0, 0.1) is 11.8 Å². The number of nitrogens with zero attached hydrogens (tertiary/aromatic N) is 2. The Hall–Kier alpha value is -1.39. The largest absolute Gasteiger partial charge is 0.339 e. The van der Waals surface area contributed by atoms with Crippen LogP contribution < -0.4 is 5.73 Å². The van der Waals surface area contributed by atoms with E-state index < -0.39 is 6.04 Å². The lowest BCUT2D eigenvalue weighted by Gasteiger charge is -2.32. The van der Waals surface area contributed by atoms with E-state index in [-0.39, 0.29) is 17.9 Å². The highest BCUT2D eigenvalue weighted by Crippen LogP contribution is 2.21. The number of amides is 1. The van der Waals surface area contributed by atoms with Gasteiger partial charge in [0.1, 0.15) is 0 Å². The summed E-state index contributed by atoms with van der Waals surface area (Å²) >= 11 is 0. The number of likely N-dealkylation sites (tertiary alicyclic amines) is 1. The highest BCUT2D eigenvalue weighted by molar-refractivity contribution is 5.82. The van der Waals surface area contributed by atoms with Gasteiger partial charge in [-0.15, -0.1) is 0 Å². The van der Waals surface area contributed by atoms with Crippen molar-refractivity contribution in [2.24, 2.45) is 17.6 Å². The van der Waals surface area contributed by atoms with Gasteiger partial charge in [-0.25, -0.2) is 0 Å². The molecule has 0 saturated carbocycles. The first-order chi connectivity index (χ1) is 11.4. The molecule has 0 spiro atoms. The van der Waals surface area contributed by atoms with Crippen LogP contribution in [0.15, 0.2) is 30.3 Å². The molecule has 1 aromatic carbocycles. The van der Waals surface area contributed by atoms with E-state index in [1.54, 1.807) is 0 Å². The summed E-state index contributed by atoms with van der Waals surface area (Å²) < 4.78 is 0. The summed E-state index contributed by atoms with van der Waals surface area (Å²) in [5.74, 6) is 0.817. The maximum atomic E-state index is 12.7. The van der Waals surface area contributed by atoms with E-state index in [1.807, 2.05) is 18.7 Å². The minimum Gasteiger partial charge on any atom is -0.339 e. The lowest BCUT2D eigenvalue weighted by atomic mass is 10.0. The molecule has 4 nitrogen and oxygen atoms in total.